The summed E-state index contributed by atoms with van der Waals surface area (Å²) in [6.45, 7) is 3.40. The zero-order valence-corrected chi connectivity index (χ0v) is 20.6. The lowest BCUT2D eigenvalue weighted by atomic mass is 9.97. The van der Waals surface area contributed by atoms with Gasteiger partial charge in [-0.05, 0) is 56.7 Å². The summed E-state index contributed by atoms with van der Waals surface area (Å²) in [6.07, 6.45) is 4.66. The van der Waals surface area contributed by atoms with E-state index in [9.17, 15) is 14.7 Å². The summed E-state index contributed by atoms with van der Waals surface area (Å²) in [5, 5.41) is 12.7. The van der Waals surface area contributed by atoms with Crippen molar-refractivity contribution in [3.05, 3.63) is 35.5 Å². The lowest BCUT2D eigenvalue weighted by molar-refractivity contribution is -0.145. The molecule has 2 amide bonds. The predicted molar refractivity (Wildman–Crippen MR) is 131 cm³/mol. The molecular weight excluding hydrogens is 464 g/mol. The molecular formula is C22H26N4O3S3. The Morgan fingerprint density at radius 2 is 2.12 bits per heavy atom. The summed E-state index contributed by atoms with van der Waals surface area (Å²) in [5.41, 5.74) is 3.42. The Morgan fingerprint density at radius 1 is 1.31 bits per heavy atom. The van der Waals surface area contributed by atoms with Crippen molar-refractivity contribution in [1.29, 1.82) is 0 Å². The number of aliphatic carboxylic acids is 1. The smallest absolute Gasteiger partial charge is 0.323 e. The summed E-state index contributed by atoms with van der Waals surface area (Å²) in [4.78, 5) is 34.5. The van der Waals surface area contributed by atoms with E-state index < -0.39 is 11.4 Å². The highest BCUT2D eigenvalue weighted by Crippen LogP contribution is 2.38. The van der Waals surface area contributed by atoms with E-state index in [2.05, 4.69) is 33.5 Å². The first kappa shape index (κ1) is 23.0. The average Bonchev–Trinajstić information content (AvgIpc) is 3.51. The van der Waals surface area contributed by atoms with Crippen molar-refractivity contribution in [2.24, 2.45) is 5.41 Å². The Kier molecular flexibility index (Phi) is 6.73. The first-order valence-corrected chi connectivity index (χ1v) is 13.1. The number of amides is 2. The number of hydrogen-bond donors (Lipinski definition) is 2. The summed E-state index contributed by atoms with van der Waals surface area (Å²) >= 11 is 4.47. The van der Waals surface area contributed by atoms with E-state index in [1.807, 2.05) is 12.6 Å². The number of carboxylic acid groups (broad SMARTS) is 1. The van der Waals surface area contributed by atoms with Crippen LogP contribution in [0.2, 0.25) is 0 Å². The Balaban J connectivity index is 1.31. The van der Waals surface area contributed by atoms with Gasteiger partial charge >= 0.3 is 12.0 Å². The maximum Gasteiger partial charge on any atom is 0.323 e. The quantitative estimate of drug-likeness (QED) is 0.409. The van der Waals surface area contributed by atoms with E-state index >= 15 is 0 Å². The molecule has 1 aromatic carbocycles. The van der Waals surface area contributed by atoms with Crippen LogP contribution in [0.15, 0.2) is 34.1 Å². The van der Waals surface area contributed by atoms with Crippen LogP contribution < -0.4 is 5.32 Å². The van der Waals surface area contributed by atoms with Crippen LogP contribution in [0.25, 0.3) is 10.2 Å². The van der Waals surface area contributed by atoms with Gasteiger partial charge in [0.15, 0.2) is 5.13 Å². The fraction of sp³-hybridized carbons (Fsp3) is 0.455. The molecule has 1 aliphatic carbocycles. The molecule has 3 aromatic rings. The average molecular weight is 491 g/mol. The summed E-state index contributed by atoms with van der Waals surface area (Å²) in [5.74, 6) is 0.0583. The van der Waals surface area contributed by atoms with Gasteiger partial charge in [0.1, 0.15) is 0 Å². The number of thiazole rings is 2. The van der Waals surface area contributed by atoms with Crippen LogP contribution in [0.4, 0.5) is 9.93 Å². The number of rotatable bonds is 7. The Morgan fingerprint density at radius 3 is 2.91 bits per heavy atom. The molecule has 7 nitrogen and oxygen atoms in total. The van der Waals surface area contributed by atoms with Gasteiger partial charge in [0.25, 0.3) is 0 Å². The Hall–Kier alpha value is -2.17. The van der Waals surface area contributed by atoms with Gasteiger partial charge in [-0.15, -0.1) is 23.1 Å². The summed E-state index contributed by atoms with van der Waals surface area (Å²) in [7, 11) is 1.84. The van der Waals surface area contributed by atoms with Gasteiger partial charge < -0.3 is 10.0 Å². The van der Waals surface area contributed by atoms with Crippen molar-refractivity contribution in [3.63, 3.8) is 0 Å². The Labute approximate surface area is 199 Å². The van der Waals surface area contributed by atoms with E-state index in [4.69, 9.17) is 0 Å². The van der Waals surface area contributed by atoms with Gasteiger partial charge in [-0.25, -0.2) is 14.8 Å². The van der Waals surface area contributed by atoms with Crippen molar-refractivity contribution in [1.82, 2.24) is 14.9 Å². The van der Waals surface area contributed by atoms with E-state index in [1.54, 1.807) is 36.3 Å². The second-order valence-electron chi connectivity index (χ2n) is 8.75. The molecule has 1 aliphatic rings. The maximum absolute atomic E-state index is 12.8. The van der Waals surface area contributed by atoms with Crippen LogP contribution in [0, 0.1) is 5.41 Å². The second kappa shape index (κ2) is 9.36. The van der Waals surface area contributed by atoms with E-state index in [1.165, 1.54) is 33.4 Å². The number of hydrogen-bond acceptors (Lipinski definition) is 7. The third-order valence-electron chi connectivity index (χ3n) is 5.95. The maximum atomic E-state index is 12.8. The van der Waals surface area contributed by atoms with Gasteiger partial charge in [-0.1, -0.05) is 17.4 Å². The van der Waals surface area contributed by atoms with Crippen LogP contribution >= 0.6 is 34.4 Å². The fourth-order valence-electron chi connectivity index (χ4n) is 3.78. The highest BCUT2D eigenvalue weighted by molar-refractivity contribution is 8.01. The lowest BCUT2D eigenvalue weighted by Gasteiger charge is -2.24. The van der Waals surface area contributed by atoms with Crippen molar-refractivity contribution in [3.8, 4) is 0 Å². The second-order valence-corrected chi connectivity index (χ2v) is 11.9. The molecule has 4 rings (SSSR count). The molecule has 32 heavy (non-hydrogen) atoms. The topological polar surface area (TPSA) is 95.4 Å². The number of nitrogens with zero attached hydrogens (tertiary/aromatic N) is 3. The number of carboxylic acids is 1. The number of carbonyl (C=O) groups excluding carboxylic acids is 1. The van der Waals surface area contributed by atoms with Gasteiger partial charge in [0.2, 0.25) is 0 Å². The summed E-state index contributed by atoms with van der Waals surface area (Å²) in [6, 6.07) is 6.50. The molecule has 2 unspecified atom stereocenters. The number of aromatic nitrogens is 2. The zero-order valence-electron chi connectivity index (χ0n) is 18.2. The minimum atomic E-state index is -0.827. The number of fused-ring (bicyclic) bond motifs is 1. The van der Waals surface area contributed by atoms with Crippen LogP contribution in [-0.2, 0) is 4.79 Å². The molecule has 170 valence electrons. The Bertz CT molecular complexity index is 1130. The van der Waals surface area contributed by atoms with Crippen LogP contribution in [-0.4, -0.2) is 50.8 Å². The normalized spacial score (nSPS) is 18.7. The van der Waals surface area contributed by atoms with Crippen molar-refractivity contribution in [2.45, 2.75) is 49.3 Å². The molecule has 2 N–H and O–H groups in total. The number of urea groups is 1. The number of carbonyl (C=O) groups is 2. The number of thioether (sulfide) groups is 1. The van der Waals surface area contributed by atoms with E-state index in [0.717, 1.165) is 29.0 Å². The SMILES string of the molecule is CN(C(=O)Nc1ncc(SCC(C)(C)C(=O)O)s1)C1CCC(c2ccc3ncsc3c2)C1. The third kappa shape index (κ3) is 5.07. The van der Waals surface area contributed by atoms with Crippen LogP contribution in [0.3, 0.4) is 0 Å². The molecule has 0 bridgehead atoms. The molecule has 0 saturated heterocycles. The monoisotopic (exact) mass is 490 g/mol. The van der Waals surface area contributed by atoms with Crippen molar-refractivity contribution in [2.75, 3.05) is 18.1 Å². The highest BCUT2D eigenvalue weighted by Gasteiger charge is 2.31. The highest BCUT2D eigenvalue weighted by atomic mass is 32.2. The number of nitrogens with one attached hydrogen (secondary N) is 1. The van der Waals surface area contributed by atoms with E-state index in [0.29, 0.717) is 16.8 Å². The minimum Gasteiger partial charge on any atom is -0.481 e. The first-order chi connectivity index (χ1) is 15.2. The van der Waals surface area contributed by atoms with E-state index in [-0.39, 0.29) is 12.1 Å². The van der Waals surface area contributed by atoms with Gasteiger partial charge in [-0.3, -0.25) is 10.1 Å². The standard InChI is InChI=1S/C22H26N4O3S3/c1-22(2,19(27)28)11-30-18-10-23-20(32-18)25-21(29)26(3)15-6-4-13(8-15)14-5-7-16-17(9-14)31-12-24-16/h5,7,9-10,12-13,15H,4,6,8,11H2,1-3H3,(H,27,28)(H,23,25,29). The van der Waals surface area contributed by atoms with Gasteiger partial charge in [0, 0.05) is 18.8 Å². The van der Waals surface area contributed by atoms with Crippen molar-refractivity contribution >= 4 is 61.8 Å². The van der Waals surface area contributed by atoms with Gasteiger partial charge in [0.05, 0.1) is 31.5 Å². The van der Waals surface area contributed by atoms with Crippen molar-refractivity contribution < 1.29 is 14.7 Å². The molecule has 0 spiro atoms. The molecule has 2 atom stereocenters. The largest absolute Gasteiger partial charge is 0.481 e. The predicted octanol–water partition coefficient (Wildman–Crippen LogP) is 5.76. The molecule has 1 fully saturated rings. The van der Waals surface area contributed by atoms with Gasteiger partial charge in [-0.2, -0.15) is 0 Å². The van der Waals surface area contributed by atoms with Crippen LogP contribution in [0.1, 0.15) is 44.6 Å². The first-order valence-electron chi connectivity index (χ1n) is 10.4. The minimum absolute atomic E-state index is 0.162. The fourth-order valence-corrected chi connectivity index (χ4v) is 6.45. The lowest BCUT2D eigenvalue weighted by Crippen LogP contribution is -2.38. The molecule has 2 heterocycles. The molecule has 1 saturated carbocycles. The number of anilines is 1. The van der Waals surface area contributed by atoms with Crippen LogP contribution in [0.5, 0.6) is 0 Å². The molecule has 10 heteroatoms. The molecule has 0 radical (unpaired) electrons. The molecule has 2 aromatic heterocycles. The summed E-state index contributed by atoms with van der Waals surface area (Å²) < 4.78 is 2.10. The molecule has 0 aliphatic heterocycles. The third-order valence-corrected chi connectivity index (χ3v) is 9.31. The zero-order chi connectivity index (χ0) is 22.9. The number of benzene rings is 1.